The van der Waals surface area contributed by atoms with Gasteiger partial charge in [0.2, 0.25) is 0 Å². The molecule has 26 heavy (non-hydrogen) atoms. The maximum absolute atomic E-state index is 12.6. The van der Waals surface area contributed by atoms with Gasteiger partial charge in [-0.25, -0.2) is 0 Å². The Bertz CT molecular complexity index is 1140. The van der Waals surface area contributed by atoms with E-state index in [4.69, 9.17) is 11.6 Å². The van der Waals surface area contributed by atoms with E-state index in [0.717, 1.165) is 23.2 Å². The molecule has 0 aliphatic heterocycles. The van der Waals surface area contributed by atoms with Crippen LogP contribution in [0.25, 0.3) is 21.8 Å². The summed E-state index contributed by atoms with van der Waals surface area (Å²) in [6.07, 6.45) is 0. The fourth-order valence-electron chi connectivity index (χ4n) is 3.64. The van der Waals surface area contributed by atoms with Crippen LogP contribution in [-0.4, -0.2) is 10.5 Å². The van der Waals surface area contributed by atoms with E-state index in [-0.39, 0.29) is 5.91 Å². The van der Waals surface area contributed by atoms with E-state index in [0.29, 0.717) is 10.6 Å². The molecule has 130 valence electrons. The number of para-hydroxylation sites is 1. The zero-order valence-electron chi connectivity index (χ0n) is 14.7. The number of benzene rings is 3. The van der Waals surface area contributed by atoms with Crippen molar-refractivity contribution in [2.75, 3.05) is 5.32 Å². The molecule has 4 rings (SSSR count). The van der Waals surface area contributed by atoms with Gasteiger partial charge in [0.25, 0.3) is 5.91 Å². The van der Waals surface area contributed by atoms with Gasteiger partial charge in [-0.05, 0) is 49.7 Å². The molecule has 0 radical (unpaired) electrons. The van der Waals surface area contributed by atoms with Gasteiger partial charge >= 0.3 is 0 Å². The fourth-order valence-corrected chi connectivity index (χ4v) is 3.87. The SMILES string of the molecule is CCn1c2ccccc2c2cc(NC(=O)c3ccccc3Cl)cc(C)c21. The average Bonchev–Trinajstić information content (AvgIpc) is 2.96. The Kier molecular flexibility index (Phi) is 4.17. The Hall–Kier alpha value is -2.78. The summed E-state index contributed by atoms with van der Waals surface area (Å²) in [7, 11) is 0. The van der Waals surface area contributed by atoms with E-state index in [1.54, 1.807) is 12.1 Å². The summed E-state index contributed by atoms with van der Waals surface area (Å²) >= 11 is 6.15. The van der Waals surface area contributed by atoms with Gasteiger partial charge in [-0.3, -0.25) is 4.79 Å². The Morgan fingerprint density at radius 2 is 1.77 bits per heavy atom. The third kappa shape index (κ3) is 2.65. The first-order chi connectivity index (χ1) is 12.6. The lowest BCUT2D eigenvalue weighted by Gasteiger charge is -2.10. The van der Waals surface area contributed by atoms with E-state index in [1.807, 2.05) is 30.3 Å². The van der Waals surface area contributed by atoms with Crippen LogP contribution in [0, 0.1) is 6.92 Å². The second kappa shape index (κ2) is 6.50. The number of aromatic nitrogens is 1. The zero-order valence-corrected chi connectivity index (χ0v) is 15.5. The smallest absolute Gasteiger partial charge is 0.257 e. The summed E-state index contributed by atoms with van der Waals surface area (Å²) < 4.78 is 2.32. The molecule has 4 heteroatoms. The van der Waals surface area contributed by atoms with Crippen molar-refractivity contribution in [3.8, 4) is 0 Å². The van der Waals surface area contributed by atoms with Gasteiger partial charge in [-0.1, -0.05) is 41.9 Å². The molecule has 0 unspecified atom stereocenters. The van der Waals surface area contributed by atoms with Crippen LogP contribution in [-0.2, 0) is 6.54 Å². The Morgan fingerprint density at radius 3 is 2.54 bits per heavy atom. The Labute approximate surface area is 157 Å². The summed E-state index contributed by atoms with van der Waals surface area (Å²) in [6.45, 7) is 5.13. The second-order valence-electron chi connectivity index (χ2n) is 6.38. The number of halogens is 1. The summed E-state index contributed by atoms with van der Waals surface area (Å²) in [5.41, 5.74) is 4.81. The molecule has 0 aliphatic carbocycles. The number of nitrogens with one attached hydrogen (secondary N) is 1. The molecule has 3 aromatic carbocycles. The lowest BCUT2D eigenvalue weighted by molar-refractivity contribution is 0.102. The minimum atomic E-state index is -0.200. The van der Waals surface area contributed by atoms with Gasteiger partial charge in [-0.15, -0.1) is 0 Å². The molecule has 1 aromatic heterocycles. The van der Waals surface area contributed by atoms with Crippen molar-refractivity contribution in [3.63, 3.8) is 0 Å². The number of anilines is 1. The van der Waals surface area contributed by atoms with Crippen LogP contribution >= 0.6 is 11.6 Å². The number of rotatable bonds is 3. The molecular formula is C22H19ClN2O. The highest BCUT2D eigenvalue weighted by molar-refractivity contribution is 6.34. The molecule has 1 N–H and O–H groups in total. The predicted molar refractivity (Wildman–Crippen MR) is 109 cm³/mol. The first-order valence-electron chi connectivity index (χ1n) is 8.67. The number of hydrogen-bond donors (Lipinski definition) is 1. The number of amides is 1. The van der Waals surface area contributed by atoms with Crippen LogP contribution in [0.5, 0.6) is 0 Å². The van der Waals surface area contributed by atoms with Crippen molar-refractivity contribution in [1.29, 1.82) is 0 Å². The summed E-state index contributed by atoms with van der Waals surface area (Å²) in [5, 5.41) is 5.79. The lowest BCUT2D eigenvalue weighted by Crippen LogP contribution is -2.12. The molecule has 0 saturated heterocycles. The van der Waals surface area contributed by atoms with Crippen LogP contribution in [0.2, 0.25) is 5.02 Å². The zero-order chi connectivity index (χ0) is 18.3. The van der Waals surface area contributed by atoms with Crippen molar-refractivity contribution in [1.82, 2.24) is 4.57 Å². The van der Waals surface area contributed by atoms with E-state index < -0.39 is 0 Å². The largest absolute Gasteiger partial charge is 0.341 e. The molecule has 1 heterocycles. The van der Waals surface area contributed by atoms with Crippen LogP contribution < -0.4 is 5.32 Å². The maximum Gasteiger partial charge on any atom is 0.257 e. The highest BCUT2D eigenvalue weighted by atomic mass is 35.5. The van der Waals surface area contributed by atoms with Gasteiger partial charge in [0, 0.05) is 28.5 Å². The van der Waals surface area contributed by atoms with Crippen molar-refractivity contribution >= 4 is 45.0 Å². The number of hydrogen-bond acceptors (Lipinski definition) is 1. The first kappa shape index (κ1) is 16.7. The molecule has 0 aliphatic rings. The van der Waals surface area contributed by atoms with E-state index in [2.05, 4.69) is 41.9 Å². The van der Waals surface area contributed by atoms with Gasteiger partial charge in [0.15, 0.2) is 0 Å². The van der Waals surface area contributed by atoms with Gasteiger partial charge in [0.1, 0.15) is 0 Å². The molecule has 0 spiro atoms. The Balaban J connectivity index is 1.84. The quantitative estimate of drug-likeness (QED) is 0.474. The number of carbonyl (C=O) groups excluding carboxylic acids is 1. The van der Waals surface area contributed by atoms with Gasteiger partial charge in [-0.2, -0.15) is 0 Å². The van der Waals surface area contributed by atoms with Crippen molar-refractivity contribution in [3.05, 3.63) is 76.8 Å². The highest BCUT2D eigenvalue weighted by Gasteiger charge is 2.15. The minimum absolute atomic E-state index is 0.200. The maximum atomic E-state index is 12.6. The van der Waals surface area contributed by atoms with E-state index in [9.17, 15) is 4.79 Å². The summed E-state index contributed by atoms with van der Waals surface area (Å²) in [5.74, 6) is -0.200. The molecular weight excluding hydrogens is 344 g/mol. The minimum Gasteiger partial charge on any atom is -0.341 e. The molecule has 0 atom stereocenters. The molecule has 0 fully saturated rings. The van der Waals surface area contributed by atoms with Crippen LogP contribution in [0.3, 0.4) is 0 Å². The van der Waals surface area contributed by atoms with Gasteiger partial charge < -0.3 is 9.88 Å². The van der Waals surface area contributed by atoms with Crippen LogP contribution in [0.15, 0.2) is 60.7 Å². The molecule has 3 nitrogen and oxygen atoms in total. The molecule has 4 aromatic rings. The molecule has 0 saturated carbocycles. The first-order valence-corrected chi connectivity index (χ1v) is 9.05. The Morgan fingerprint density at radius 1 is 1.04 bits per heavy atom. The monoisotopic (exact) mass is 362 g/mol. The highest BCUT2D eigenvalue weighted by Crippen LogP contribution is 2.33. The number of nitrogens with zero attached hydrogens (tertiary/aromatic N) is 1. The lowest BCUT2D eigenvalue weighted by atomic mass is 10.1. The fraction of sp³-hybridized carbons (Fsp3) is 0.136. The number of aryl methyl sites for hydroxylation is 2. The van der Waals surface area contributed by atoms with Crippen molar-refractivity contribution in [2.24, 2.45) is 0 Å². The summed E-state index contributed by atoms with van der Waals surface area (Å²) in [6, 6.07) is 19.5. The third-order valence-electron chi connectivity index (χ3n) is 4.75. The van der Waals surface area contributed by atoms with Crippen molar-refractivity contribution in [2.45, 2.75) is 20.4 Å². The molecule has 0 bridgehead atoms. The van der Waals surface area contributed by atoms with Crippen LogP contribution in [0.1, 0.15) is 22.8 Å². The standard InChI is InChI=1S/C22H19ClN2O/c1-3-25-20-11-7-5-8-16(20)18-13-15(12-14(2)21(18)25)24-22(26)17-9-4-6-10-19(17)23/h4-13H,3H2,1-2H3,(H,24,26). The molecule has 1 amide bonds. The third-order valence-corrected chi connectivity index (χ3v) is 5.08. The van der Waals surface area contributed by atoms with E-state index >= 15 is 0 Å². The summed E-state index contributed by atoms with van der Waals surface area (Å²) in [4.78, 5) is 12.6. The second-order valence-corrected chi connectivity index (χ2v) is 6.79. The predicted octanol–water partition coefficient (Wildman–Crippen LogP) is 6.03. The number of fused-ring (bicyclic) bond motifs is 3. The van der Waals surface area contributed by atoms with E-state index in [1.165, 1.54) is 16.4 Å². The average molecular weight is 363 g/mol. The van der Waals surface area contributed by atoms with Crippen LogP contribution in [0.4, 0.5) is 5.69 Å². The van der Waals surface area contributed by atoms with Gasteiger partial charge in [0.05, 0.1) is 16.1 Å². The van der Waals surface area contributed by atoms with Crippen molar-refractivity contribution < 1.29 is 4.79 Å². The topological polar surface area (TPSA) is 34.0 Å². The normalized spacial score (nSPS) is 11.2. The number of carbonyl (C=O) groups is 1.